The molecule has 132 valence electrons. The number of benzene rings is 1. The number of rotatable bonds is 6. The second-order valence-corrected chi connectivity index (χ2v) is 6.39. The van der Waals surface area contributed by atoms with E-state index in [1.165, 1.54) is 0 Å². The number of amides is 1. The number of carbonyl (C=O) groups is 1. The standard InChI is InChI=1S/C20H25N3O2/c1-16(9-13-25-18-7-3-2-4-8-18)20(24)23-12-11-22-15-19(23)17-6-5-10-21-14-17/h2-8,10,14,16,19,22H,9,11-13,15H2,1H3. The fourth-order valence-electron chi connectivity index (χ4n) is 3.12. The van der Waals surface area contributed by atoms with Crippen LogP contribution in [0.4, 0.5) is 0 Å². The van der Waals surface area contributed by atoms with Gasteiger partial charge in [0.1, 0.15) is 5.75 Å². The lowest BCUT2D eigenvalue weighted by Crippen LogP contribution is -2.50. The zero-order valence-electron chi connectivity index (χ0n) is 14.6. The van der Waals surface area contributed by atoms with E-state index in [1.54, 1.807) is 6.20 Å². The lowest BCUT2D eigenvalue weighted by molar-refractivity contribution is -0.138. The van der Waals surface area contributed by atoms with E-state index in [0.717, 1.165) is 30.9 Å². The Hall–Kier alpha value is -2.40. The maximum absolute atomic E-state index is 12.9. The minimum Gasteiger partial charge on any atom is -0.494 e. The summed E-state index contributed by atoms with van der Waals surface area (Å²) in [5, 5.41) is 3.38. The first kappa shape index (κ1) is 17.4. The summed E-state index contributed by atoms with van der Waals surface area (Å²) in [6.45, 7) is 4.85. The van der Waals surface area contributed by atoms with Crippen LogP contribution in [-0.4, -0.2) is 42.0 Å². The zero-order valence-corrected chi connectivity index (χ0v) is 14.6. The van der Waals surface area contributed by atoms with Gasteiger partial charge in [-0.2, -0.15) is 0 Å². The van der Waals surface area contributed by atoms with Gasteiger partial charge < -0.3 is 15.0 Å². The molecule has 1 aromatic carbocycles. The number of hydrogen-bond acceptors (Lipinski definition) is 4. The Labute approximate surface area is 149 Å². The van der Waals surface area contributed by atoms with Crippen molar-refractivity contribution in [3.8, 4) is 5.75 Å². The first-order chi connectivity index (χ1) is 12.3. The van der Waals surface area contributed by atoms with Gasteiger partial charge in [-0.15, -0.1) is 0 Å². The van der Waals surface area contributed by atoms with Crippen LogP contribution in [0.1, 0.15) is 24.9 Å². The van der Waals surface area contributed by atoms with E-state index >= 15 is 0 Å². The smallest absolute Gasteiger partial charge is 0.226 e. The average Bonchev–Trinajstić information content (AvgIpc) is 2.69. The summed E-state index contributed by atoms with van der Waals surface area (Å²) in [4.78, 5) is 19.1. The van der Waals surface area contributed by atoms with Gasteiger partial charge in [0, 0.05) is 37.9 Å². The number of hydrogen-bond donors (Lipinski definition) is 1. The van der Waals surface area contributed by atoms with Gasteiger partial charge >= 0.3 is 0 Å². The monoisotopic (exact) mass is 339 g/mol. The number of piperazine rings is 1. The third-order valence-electron chi connectivity index (χ3n) is 4.58. The van der Waals surface area contributed by atoms with Crippen molar-refractivity contribution in [1.82, 2.24) is 15.2 Å². The Morgan fingerprint density at radius 1 is 1.32 bits per heavy atom. The first-order valence-corrected chi connectivity index (χ1v) is 8.84. The molecule has 0 radical (unpaired) electrons. The van der Waals surface area contributed by atoms with Crippen LogP contribution in [0.5, 0.6) is 5.75 Å². The van der Waals surface area contributed by atoms with Crippen molar-refractivity contribution in [2.75, 3.05) is 26.2 Å². The largest absolute Gasteiger partial charge is 0.494 e. The normalized spacial score (nSPS) is 18.6. The van der Waals surface area contributed by atoms with Gasteiger partial charge in [-0.3, -0.25) is 9.78 Å². The molecule has 1 amide bonds. The molecule has 1 aliphatic rings. The van der Waals surface area contributed by atoms with Gasteiger partial charge in [-0.1, -0.05) is 31.2 Å². The van der Waals surface area contributed by atoms with Crippen LogP contribution in [-0.2, 0) is 4.79 Å². The summed E-state index contributed by atoms with van der Waals surface area (Å²) in [5.74, 6) is 0.963. The van der Waals surface area contributed by atoms with E-state index in [9.17, 15) is 4.79 Å². The van der Waals surface area contributed by atoms with E-state index in [2.05, 4.69) is 10.3 Å². The maximum Gasteiger partial charge on any atom is 0.226 e. The van der Waals surface area contributed by atoms with Gasteiger partial charge in [0.05, 0.1) is 12.6 Å². The molecule has 0 bridgehead atoms. The number of ether oxygens (including phenoxy) is 1. The Morgan fingerprint density at radius 3 is 2.92 bits per heavy atom. The molecular formula is C20H25N3O2. The predicted octanol–water partition coefficient (Wildman–Crippen LogP) is 2.66. The van der Waals surface area contributed by atoms with Gasteiger partial charge in [-0.05, 0) is 30.2 Å². The number of carbonyl (C=O) groups excluding carboxylic acids is 1. The van der Waals surface area contributed by atoms with E-state index in [-0.39, 0.29) is 17.9 Å². The predicted molar refractivity (Wildman–Crippen MR) is 97.3 cm³/mol. The third kappa shape index (κ3) is 4.57. The average molecular weight is 339 g/mol. The second-order valence-electron chi connectivity index (χ2n) is 6.39. The molecule has 2 atom stereocenters. The van der Waals surface area contributed by atoms with Crippen molar-refractivity contribution < 1.29 is 9.53 Å². The summed E-state index contributed by atoms with van der Waals surface area (Å²) in [6, 6.07) is 13.7. The maximum atomic E-state index is 12.9. The Morgan fingerprint density at radius 2 is 2.16 bits per heavy atom. The Bertz CT molecular complexity index is 663. The number of nitrogens with zero attached hydrogens (tertiary/aromatic N) is 2. The van der Waals surface area contributed by atoms with Gasteiger partial charge in [-0.25, -0.2) is 0 Å². The lowest BCUT2D eigenvalue weighted by atomic mass is 10.0. The topological polar surface area (TPSA) is 54.5 Å². The molecular weight excluding hydrogens is 314 g/mol. The number of para-hydroxylation sites is 1. The molecule has 1 N–H and O–H groups in total. The molecule has 0 spiro atoms. The molecule has 0 aliphatic carbocycles. The van der Waals surface area contributed by atoms with E-state index < -0.39 is 0 Å². The summed E-state index contributed by atoms with van der Waals surface area (Å²) in [6.07, 6.45) is 4.31. The molecule has 1 saturated heterocycles. The van der Waals surface area contributed by atoms with E-state index in [1.807, 2.05) is 60.5 Å². The van der Waals surface area contributed by atoms with Crippen LogP contribution < -0.4 is 10.1 Å². The lowest BCUT2D eigenvalue weighted by Gasteiger charge is -2.38. The van der Waals surface area contributed by atoms with Crippen molar-refractivity contribution in [3.63, 3.8) is 0 Å². The van der Waals surface area contributed by atoms with Crippen LogP contribution in [0.25, 0.3) is 0 Å². The summed E-state index contributed by atoms with van der Waals surface area (Å²) < 4.78 is 5.73. The highest BCUT2D eigenvalue weighted by molar-refractivity contribution is 5.79. The van der Waals surface area contributed by atoms with Crippen molar-refractivity contribution in [2.24, 2.45) is 5.92 Å². The van der Waals surface area contributed by atoms with E-state index in [0.29, 0.717) is 13.0 Å². The molecule has 1 aliphatic heterocycles. The summed E-state index contributed by atoms with van der Waals surface area (Å²) in [5.41, 5.74) is 1.08. The Kier molecular flexibility index (Phi) is 6.01. The minimum atomic E-state index is -0.0685. The van der Waals surface area contributed by atoms with Crippen molar-refractivity contribution in [1.29, 1.82) is 0 Å². The zero-order chi connectivity index (χ0) is 17.5. The van der Waals surface area contributed by atoms with Crippen LogP contribution in [0.15, 0.2) is 54.9 Å². The Balaban J connectivity index is 1.58. The fourth-order valence-corrected chi connectivity index (χ4v) is 3.12. The number of nitrogens with one attached hydrogen (secondary N) is 1. The second kappa shape index (κ2) is 8.62. The molecule has 3 rings (SSSR count). The summed E-state index contributed by atoms with van der Waals surface area (Å²) >= 11 is 0. The number of pyridine rings is 1. The molecule has 2 unspecified atom stereocenters. The van der Waals surface area contributed by atoms with Crippen LogP contribution >= 0.6 is 0 Å². The minimum absolute atomic E-state index is 0.0486. The summed E-state index contributed by atoms with van der Waals surface area (Å²) in [7, 11) is 0. The van der Waals surface area contributed by atoms with Crippen molar-refractivity contribution in [3.05, 3.63) is 60.4 Å². The van der Waals surface area contributed by atoms with Crippen LogP contribution in [0, 0.1) is 5.92 Å². The molecule has 2 aromatic rings. The van der Waals surface area contributed by atoms with Gasteiger partial charge in [0.15, 0.2) is 0 Å². The van der Waals surface area contributed by atoms with Crippen molar-refractivity contribution >= 4 is 5.91 Å². The van der Waals surface area contributed by atoms with Crippen LogP contribution in [0.2, 0.25) is 0 Å². The molecule has 2 heterocycles. The van der Waals surface area contributed by atoms with Crippen LogP contribution in [0.3, 0.4) is 0 Å². The highest BCUT2D eigenvalue weighted by Crippen LogP contribution is 2.24. The molecule has 0 saturated carbocycles. The van der Waals surface area contributed by atoms with Gasteiger partial charge in [0.2, 0.25) is 5.91 Å². The SMILES string of the molecule is CC(CCOc1ccccc1)C(=O)N1CCNCC1c1cccnc1. The third-order valence-corrected chi connectivity index (χ3v) is 4.58. The highest BCUT2D eigenvalue weighted by atomic mass is 16.5. The molecule has 1 fully saturated rings. The number of aromatic nitrogens is 1. The molecule has 1 aromatic heterocycles. The van der Waals surface area contributed by atoms with Gasteiger partial charge in [0.25, 0.3) is 0 Å². The molecule has 5 nitrogen and oxygen atoms in total. The van der Waals surface area contributed by atoms with Crippen molar-refractivity contribution in [2.45, 2.75) is 19.4 Å². The van der Waals surface area contributed by atoms with E-state index in [4.69, 9.17) is 4.74 Å². The first-order valence-electron chi connectivity index (χ1n) is 8.84. The fraction of sp³-hybridized carbons (Fsp3) is 0.400. The highest BCUT2D eigenvalue weighted by Gasteiger charge is 2.30. The molecule has 25 heavy (non-hydrogen) atoms. The molecule has 5 heteroatoms. The quantitative estimate of drug-likeness (QED) is 0.879.